The molecule has 2 aliphatic rings. The summed E-state index contributed by atoms with van der Waals surface area (Å²) in [7, 11) is 0. The molecule has 0 fully saturated rings. The third kappa shape index (κ3) is 3.00. The second-order valence-electron chi connectivity index (χ2n) is 6.90. The fourth-order valence-corrected chi connectivity index (χ4v) is 4.05. The maximum absolute atomic E-state index is 10.4. The number of hydrogen-bond donors (Lipinski definition) is 1. The molecule has 0 spiro atoms. The van der Waals surface area contributed by atoms with Crippen molar-refractivity contribution in [2.24, 2.45) is 5.10 Å². The monoisotopic (exact) mass is 410 g/mol. The fourth-order valence-electron chi connectivity index (χ4n) is 3.87. The van der Waals surface area contributed by atoms with Crippen molar-refractivity contribution in [1.29, 1.82) is 0 Å². The summed E-state index contributed by atoms with van der Waals surface area (Å²) in [6.07, 6.45) is 1.67. The first-order valence-corrected chi connectivity index (χ1v) is 9.84. The molecule has 2 aromatic carbocycles. The smallest absolute Gasteiger partial charge is 0.246 e. The van der Waals surface area contributed by atoms with Gasteiger partial charge in [-0.25, -0.2) is 5.01 Å². The summed E-state index contributed by atoms with van der Waals surface area (Å²) in [6, 6.07) is 14.4. The quantitative estimate of drug-likeness (QED) is 0.633. The molecule has 1 N–H and O–H groups in total. The molecule has 3 heterocycles. The number of aromatic hydroxyl groups is 1. The van der Waals surface area contributed by atoms with Crippen LogP contribution in [0.15, 0.2) is 64.3 Å². The van der Waals surface area contributed by atoms with E-state index in [0.29, 0.717) is 40.9 Å². The molecule has 1 aromatic heterocycles. The standard InChI is InChI=1S/C22H19ClN2O4/c1-2-27-19-6-3-5-14-17-12-16(15-11-13(23)8-9-18(15)26)24-25(17)22(29-21(14)19)20-7-4-10-28-20/h3-11,17,22,26H,2,12H2,1H3/t17-,22+/m1/s1. The third-order valence-electron chi connectivity index (χ3n) is 5.14. The summed E-state index contributed by atoms with van der Waals surface area (Å²) in [6.45, 7) is 2.48. The van der Waals surface area contributed by atoms with Crippen LogP contribution in [0.1, 0.15) is 42.5 Å². The van der Waals surface area contributed by atoms with E-state index in [-0.39, 0.29) is 11.8 Å². The number of benzene rings is 2. The lowest BCUT2D eigenvalue weighted by Gasteiger charge is -2.37. The number of phenolic OH excluding ortho intramolecular Hbond substituents is 1. The van der Waals surface area contributed by atoms with Gasteiger partial charge >= 0.3 is 0 Å². The van der Waals surface area contributed by atoms with Gasteiger partial charge in [0.05, 0.1) is 24.6 Å². The van der Waals surface area contributed by atoms with Crippen LogP contribution in [0.3, 0.4) is 0 Å². The predicted octanol–water partition coefficient (Wildman–Crippen LogP) is 5.28. The zero-order valence-corrected chi connectivity index (χ0v) is 16.5. The molecular formula is C22H19ClN2O4. The molecule has 0 amide bonds. The van der Waals surface area contributed by atoms with E-state index in [1.165, 1.54) is 0 Å². The lowest BCUT2D eigenvalue weighted by molar-refractivity contribution is -0.0344. The molecule has 0 radical (unpaired) electrons. The van der Waals surface area contributed by atoms with Gasteiger partial charge in [0.25, 0.3) is 0 Å². The van der Waals surface area contributed by atoms with Crippen LogP contribution >= 0.6 is 11.6 Å². The van der Waals surface area contributed by atoms with E-state index in [1.807, 2.05) is 42.3 Å². The lowest BCUT2D eigenvalue weighted by atomic mass is 9.95. The largest absolute Gasteiger partial charge is 0.507 e. The number of para-hydroxylation sites is 1. The van der Waals surface area contributed by atoms with Gasteiger partial charge in [-0.3, -0.25) is 0 Å². The van der Waals surface area contributed by atoms with E-state index < -0.39 is 6.23 Å². The molecule has 29 heavy (non-hydrogen) atoms. The van der Waals surface area contributed by atoms with Crippen molar-refractivity contribution in [3.8, 4) is 17.2 Å². The Morgan fingerprint density at radius 2 is 2.14 bits per heavy atom. The van der Waals surface area contributed by atoms with Crippen LogP contribution in [-0.4, -0.2) is 22.4 Å². The van der Waals surface area contributed by atoms with Crippen LogP contribution in [0.5, 0.6) is 17.2 Å². The number of rotatable bonds is 4. The molecule has 0 aliphatic carbocycles. The van der Waals surface area contributed by atoms with Crippen LogP contribution < -0.4 is 9.47 Å². The highest BCUT2D eigenvalue weighted by atomic mass is 35.5. The normalized spacial score (nSPS) is 19.9. The lowest BCUT2D eigenvalue weighted by Crippen LogP contribution is -2.33. The topological polar surface area (TPSA) is 67.4 Å². The summed E-state index contributed by atoms with van der Waals surface area (Å²) in [5.74, 6) is 2.18. The minimum atomic E-state index is -0.539. The molecule has 2 aliphatic heterocycles. The fraction of sp³-hybridized carbons (Fsp3) is 0.227. The second-order valence-corrected chi connectivity index (χ2v) is 7.34. The van der Waals surface area contributed by atoms with Crippen molar-refractivity contribution in [3.63, 3.8) is 0 Å². The average Bonchev–Trinajstić information content (AvgIpc) is 3.40. The highest BCUT2D eigenvalue weighted by Crippen LogP contribution is 2.51. The van der Waals surface area contributed by atoms with Crippen molar-refractivity contribution < 1.29 is 19.0 Å². The Labute approximate surface area is 172 Å². The van der Waals surface area contributed by atoms with E-state index in [4.69, 9.17) is 30.6 Å². The molecule has 5 rings (SSSR count). The minimum Gasteiger partial charge on any atom is -0.507 e. The molecule has 0 unspecified atom stereocenters. The van der Waals surface area contributed by atoms with Crippen molar-refractivity contribution in [1.82, 2.24) is 5.01 Å². The van der Waals surface area contributed by atoms with Crippen LogP contribution in [-0.2, 0) is 0 Å². The number of nitrogens with zero attached hydrogens (tertiary/aromatic N) is 2. The van der Waals surface area contributed by atoms with Gasteiger partial charge < -0.3 is 19.0 Å². The highest BCUT2D eigenvalue weighted by molar-refractivity contribution is 6.31. The Morgan fingerprint density at radius 3 is 2.93 bits per heavy atom. The number of halogens is 1. The van der Waals surface area contributed by atoms with Crippen molar-refractivity contribution >= 4 is 17.3 Å². The minimum absolute atomic E-state index is 0.0809. The Hall–Kier alpha value is -3.12. The van der Waals surface area contributed by atoms with Crippen LogP contribution in [0.4, 0.5) is 0 Å². The molecule has 0 saturated carbocycles. The number of furan rings is 1. The van der Waals surface area contributed by atoms with Crippen molar-refractivity contribution in [2.75, 3.05) is 6.61 Å². The van der Waals surface area contributed by atoms with Gasteiger partial charge in [-0.1, -0.05) is 23.7 Å². The summed E-state index contributed by atoms with van der Waals surface area (Å²) < 4.78 is 17.8. The van der Waals surface area contributed by atoms with Gasteiger partial charge in [-0.15, -0.1) is 0 Å². The van der Waals surface area contributed by atoms with Gasteiger partial charge in [-0.2, -0.15) is 5.10 Å². The van der Waals surface area contributed by atoms with Gasteiger partial charge in [0.15, 0.2) is 17.3 Å². The summed E-state index contributed by atoms with van der Waals surface area (Å²) in [5.41, 5.74) is 2.34. The summed E-state index contributed by atoms with van der Waals surface area (Å²) in [5, 5.41) is 17.6. The van der Waals surface area contributed by atoms with Crippen LogP contribution in [0, 0.1) is 0 Å². The molecule has 148 valence electrons. The Bertz CT molecular complexity index is 1080. The Kier molecular flexibility index (Phi) is 4.36. The number of fused-ring (bicyclic) bond motifs is 3. The van der Waals surface area contributed by atoms with Crippen LogP contribution in [0.2, 0.25) is 5.02 Å². The SMILES string of the molecule is CCOc1cccc2c1O[C@@H](c1ccco1)N1N=C(c3cc(Cl)ccc3O)C[C@H]21. The third-order valence-corrected chi connectivity index (χ3v) is 5.37. The van der Waals surface area contributed by atoms with Crippen molar-refractivity contribution in [2.45, 2.75) is 25.6 Å². The van der Waals surface area contributed by atoms with Crippen LogP contribution in [0.25, 0.3) is 0 Å². The number of hydrogen-bond acceptors (Lipinski definition) is 6. The summed E-state index contributed by atoms with van der Waals surface area (Å²) >= 11 is 6.16. The number of ether oxygens (including phenoxy) is 2. The van der Waals surface area contributed by atoms with E-state index >= 15 is 0 Å². The zero-order chi connectivity index (χ0) is 20.0. The maximum Gasteiger partial charge on any atom is 0.246 e. The Balaban J connectivity index is 1.62. The average molecular weight is 411 g/mol. The predicted molar refractivity (Wildman–Crippen MR) is 109 cm³/mol. The first kappa shape index (κ1) is 17.9. The summed E-state index contributed by atoms with van der Waals surface area (Å²) in [4.78, 5) is 0. The molecular weight excluding hydrogens is 392 g/mol. The van der Waals surface area contributed by atoms with Gasteiger partial charge in [0, 0.05) is 22.6 Å². The van der Waals surface area contributed by atoms with Gasteiger partial charge in [0.1, 0.15) is 5.75 Å². The first-order valence-electron chi connectivity index (χ1n) is 9.46. The molecule has 6 nitrogen and oxygen atoms in total. The molecule has 7 heteroatoms. The van der Waals surface area contributed by atoms with Crippen molar-refractivity contribution in [3.05, 3.63) is 76.7 Å². The van der Waals surface area contributed by atoms with Gasteiger partial charge in [-0.05, 0) is 43.3 Å². The Morgan fingerprint density at radius 1 is 1.24 bits per heavy atom. The molecule has 2 atom stereocenters. The van der Waals surface area contributed by atoms with Gasteiger partial charge in [0.2, 0.25) is 6.23 Å². The molecule has 0 bridgehead atoms. The first-order chi connectivity index (χ1) is 14.2. The van der Waals surface area contributed by atoms with E-state index in [9.17, 15) is 5.11 Å². The number of phenols is 1. The second kappa shape index (κ2) is 7.04. The van der Waals surface area contributed by atoms with E-state index in [0.717, 1.165) is 11.3 Å². The molecule has 3 aromatic rings. The van der Waals surface area contributed by atoms with E-state index in [1.54, 1.807) is 24.5 Å². The molecule has 0 saturated heterocycles. The van der Waals surface area contributed by atoms with E-state index in [2.05, 4.69) is 0 Å². The highest BCUT2D eigenvalue weighted by Gasteiger charge is 2.43. The number of hydrazone groups is 1. The zero-order valence-electron chi connectivity index (χ0n) is 15.7. The maximum atomic E-state index is 10.4.